The van der Waals surface area contributed by atoms with Gasteiger partial charge in [-0.15, -0.1) is 0 Å². The molecule has 1 aliphatic carbocycles. The Labute approximate surface area is 116 Å². The van der Waals surface area contributed by atoms with Crippen molar-refractivity contribution >= 4 is 22.4 Å². The van der Waals surface area contributed by atoms with E-state index in [0.29, 0.717) is 18.8 Å². The van der Waals surface area contributed by atoms with Crippen LogP contribution in [0.25, 0.3) is 10.9 Å². The first kappa shape index (κ1) is 12.9. The minimum absolute atomic E-state index is 0.492. The molecule has 1 heterocycles. The highest BCUT2D eigenvalue weighted by molar-refractivity contribution is 5.83. The number of nitrogens with two attached hydrogens (primary N) is 1. The molecule has 3 rings (SSSR count). The molecule has 5 heteroatoms. The Morgan fingerprint density at radius 1 is 1.25 bits per heavy atom. The lowest BCUT2D eigenvalue weighted by atomic mass is 10.1. The fourth-order valence-electron chi connectivity index (χ4n) is 2.39. The summed E-state index contributed by atoms with van der Waals surface area (Å²) in [5.41, 5.74) is 8.23. The van der Waals surface area contributed by atoms with Crippen LogP contribution in [0.4, 0.5) is 11.5 Å². The largest absolute Gasteiger partial charge is 0.390 e. The Hall–Kier alpha value is -2.11. The normalized spacial score (nSPS) is 22.0. The monoisotopic (exact) mass is 271 g/mol. The van der Waals surface area contributed by atoms with Gasteiger partial charge in [0.25, 0.3) is 0 Å². The van der Waals surface area contributed by atoms with Gasteiger partial charge in [0.1, 0.15) is 11.9 Å². The van der Waals surface area contributed by atoms with Gasteiger partial charge in [0.15, 0.2) is 0 Å². The maximum Gasteiger partial charge on any atom is 0.124 e. The molecule has 104 valence electrons. The third kappa shape index (κ3) is 2.45. The Balaban J connectivity index is 1.75. The van der Waals surface area contributed by atoms with Crippen LogP contribution in [0.2, 0.25) is 0 Å². The first-order valence-electron chi connectivity index (χ1n) is 6.59. The van der Waals surface area contributed by atoms with Crippen LogP contribution in [0.5, 0.6) is 0 Å². The molecule has 1 aromatic heterocycles. The molecule has 2 aromatic rings. The zero-order valence-electron chi connectivity index (χ0n) is 11.0. The number of fused-ring (bicyclic) bond motifs is 1. The van der Waals surface area contributed by atoms with E-state index in [1.807, 2.05) is 30.3 Å². The molecule has 5 N–H and O–H groups in total. The van der Waals surface area contributed by atoms with Crippen LogP contribution in [0.3, 0.4) is 0 Å². The minimum Gasteiger partial charge on any atom is -0.390 e. The van der Waals surface area contributed by atoms with Crippen molar-refractivity contribution in [1.29, 1.82) is 0 Å². The second kappa shape index (κ2) is 5.11. The van der Waals surface area contributed by atoms with Crippen LogP contribution >= 0.6 is 0 Å². The predicted octanol–water partition coefficient (Wildman–Crippen LogP) is 1.28. The molecule has 1 aliphatic rings. The lowest BCUT2D eigenvalue weighted by molar-refractivity contribution is 0.0551. The highest BCUT2D eigenvalue weighted by Crippen LogP contribution is 2.22. The van der Waals surface area contributed by atoms with Crippen molar-refractivity contribution < 1.29 is 10.2 Å². The number of rotatable bonds is 3. The van der Waals surface area contributed by atoms with Crippen molar-refractivity contribution in [3.8, 4) is 0 Å². The van der Waals surface area contributed by atoms with Crippen LogP contribution in [0.15, 0.2) is 42.0 Å². The first-order chi connectivity index (χ1) is 9.63. The van der Waals surface area contributed by atoms with E-state index in [9.17, 15) is 10.2 Å². The van der Waals surface area contributed by atoms with Gasteiger partial charge >= 0.3 is 0 Å². The maximum absolute atomic E-state index is 9.76. The number of aromatic nitrogens is 1. The maximum atomic E-state index is 9.76. The van der Waals surface area contributed by atoms with E-state index in [1.54, 1.807) is 6.07 Å². The summed E-state index contributed by atoms with van der Waals surface area (Å²) in [7, 11) is 0. The Bertz CT molecular complexity index is 669. The zero-order chi connectivity index (χ0) is 14.1. The highest BCUT2D eigenvalue weighted by atomic mass is 16.3. The van der Waals surface area contributed by atoms with E-state index < -0.39 is 12.2 Å². The molecule has 0 spiro atoms. The van der Waals surface area contributed by atoms with Gasteiger partial charge in [-0.3, -0.25) is 0 Å². The minimum atomic E-state index is -0.767. The summed E-state index contributed by atoms with van der Waals surface area (Å²) in [5, 5.41) is 23.5. The molecular weight excluding hydrogens is 254 g/mol. The molecule has 0 amide bonds. The highest BCUT2D eigenvalue weighted by Gasteiger charge is 2.25. The standard InChI is InChI=1S/C15H17N3O2/c16-14-6-3-9-1-4-11(7-12(9)18-14)17-8-10-2-5-13(19)15(10)20/h1-4,6-7,13,15,17,19-20H,5,8H2,(H2,16,18). The molecule has 1 aromatic carbocycles. The summed E-state index contributed by atoms with van der Waals surface area (Å²) < 4.78 is 0. The van der Waals surface area contributed by atoms with Crippen LogP contribution in [-0.4, -0.2) is 33.9 Å². The van der Waals surface area contributed by atoms with E-state index in [1.165, 1.54) is 0 Å². The second-order valence-electron chi connectivity index (χ2n) is 5.02. The van der Waals surface area contributed by atoms with E-state index in [2.05, 4.69) is 10.3 Å². The molecular formula is C15H17N3O2. The van der Waals surface area contributed by atoms with Crippen molar-refractivity contribution in [2.24, 2.45) is 0 Å². The van der Waals surface area contributed by atoms with Crippen molar-refractivity contribution in [3.05, 3.63) is 42.0 Å². The number of aliphatic hydroxyl groups excluding tert-OH is 2. The summed E-state index contributed by atoms with van der Waals surface area (Å²) in [6, 6.07) is 9.55. The molecule has 0 saturated heterocycles. The van der Waals surface area contributed by atoms with Crippen LogP contribution in [-0.2, 0) is 0 Å². The molecule has 0 radical (unpaired) electrons. The van der Waals surface area contributed by atoms with Gasteiger partial charge in [-0.1, -0.05) is 12.1 Å². The van der Waals surface area contributed by atoms with Crippen molar-refractivity contribution in [2.45, 2.75) is 18.6 Å². The topological polar surface area (TPSA) is 91.4 Å². The molecule has 0 bridgehead atoms. The van der Waals surface area contributed by atoms with Crippen molar-refractivity contribution in [3.63, 3.8) is 0 Å². The molecule has 5 nitrogen and oxygen atoms in total. The lowest BCUT2D eigenvalue weighted by Crippen LogP contribution is -2.25. The first-order valence-corrected chi connectivity index (χ1v) is 6.59. The Morgan fingerprint density at radius 3 is 2.80 bits per heavy atom. The number of anilines is 2. The SMILES string of the molecule is Nc1ccc2ccc(NCC3=CCC(O)C3O)cc2n1. The molecule has 0 aliphatic heterocycles. The lowest BCUT2D eigenvalue weighted by Gasteiger charge is -2.14. The van der Waals surface area contributed by atoms with Gasteiger partial charge in [-0.25, -0.2) is 4.98 Å². The number of aliphatic hydroxyl groups is 2. The van der Waals surface area contributed by atoms with Gasteiger partial charge in [0, 0.05) is 17.6 Å². The number of nitrogen functional groups attached to an aromatic ring is 1. The zero-order valence-corrected chi connectivity index (χ0v) is 11.0. The predicted molar refractivity (Wildman–Crippen MR) is 79.4 cm³/mol. The van der Waals surface area contributed by atoms with Gasteiger partial charge in [0.2, 0.25) is 0 Å². The summed E-state index contributed by atoms with van der Waals surface area (Å²) in [4.78, 5) is 4.28. The molecule has 0 fully saturated rings. The van der Waals surface area contributed by atoms with Crippen LogP contribution in [0, 0.1) is 0 Å². The summed E-state index contributed by atoms with van der Waals surface area (Å²) in [5.74, 6) is 0.492. The average Bonchev–Trinajstić information content (AvgIpc) is 2.76. The number of hydrogen-bond donors (Lipinski definition) is 4. The van der Waals surface area contributed by atoms with Gasteiger partial charge < -0.3 is 21.3 Å². The number of pyridine rings is 1. The van der Waals surface area contributed by atoms with Gasteiger partial charge in [-0.05, 0) is 36.3 Å². The van der Waals surface area contributed by atoms with Crippen molar-refractivity contribution in [1.82, 2.24) is 4.98 Å². The van der Waals surface area contributed by atoms with E-state index in [0.717, 1.165) is 22.2 Å². The van der Waals surface area contributed by atoms with Crippen molar-refractivity contribution in [2.75, 3.05) is 17.6 Å². The average molecular weight is 271 g/mol. The van der Waals surface area contributed by atoms with E-state index >= 15 is 0 Å². The Kier molecular flexibility index (Phi) is 3.30. The molecule has 0 saturated carbocycles. The Morgan fingerprint density at radius 2 is 2.05 bits per heavy atom. The number of nitrogens with one attached hydrogen (secondary N) is 1. The van der Waals surface area contributed by atoms with E-state index in [-0.39, 0.29) is 0 Å². The second-order valence-corrected chi connectivity index (χ2v) is 5.02. The summed E-state index contributed by atoms with van der Waals surface area (Å²) in [6.07, 6.45) is 0.940. The molecule has 2 atom stereocenters. The van der Waals surface area contributed by atoms with Gasteiger partial charge in [0.05, 0.1) is 11.6 Å². The third-order valence-corrected chi connectivity index (χ3v) is 3.58. The fourth-order valence-corrected chi connectivity index (χ4v) is 2.39. The number of hydrogen-bond acceptors (Lipinski definition) is 5. The number of benzene rings is 1. The van der Waals surface area contributed by atoms with E-state index in [4.69, 9.17) is 5.73 Å². The number of nitrogens with zero attached hydrogens (tertiary/aromatic N) is 1. The summed E-state index contributed by atoms with van der Waals surface area (Å²) >= 11 is 0. The fraction of sp³-hybridized carbons (Fsp3) is 0.267. The molecule has 20 heavy (non-hydrogen) atoms. The molecule has 2 unspecified atom stereocenters. The quantitative estimate of drug-likeness (QED) is 0.631. The third-order valence-electron chi connectivity index (χ3n) is 3.58. The smallest absolute Gasteiger partial charge is 0.124 e. The van der Waals surface area contributed by atoms with Crippen LogP contribution in [0.1, 0.15) is 6.42 Å². The van der Waals surface area contributed by atoms with Crippen LogP contribution < -0.4 is 11.1 Å². The van der Waals surface area contributed by atoms with Gasteiger partial charge in [-0.2, -0.15) is 0 Å². The summed E-state index contributed by atoms with van der Waals surface area (Å²) in [6.45, 7) is 0.506.